The molecule has 0 amide bonds. The summed E-state index contributed by atoms with van der Waals surface area (Å²) in [5.41, 5.74) is 2.68. The van der Waals surface area contributed by atoms with Crippen LogP contribution in [0.1, 0.15) is 35.9 Å². The normalized spacial score (nSPS) is 12.0. The number of aromatic nitrogens is 4. The molecule has 9 heteroatoms. The van der Waals surface area contributed by atoms with Crippen molar-refractivity contribution in [2.24, 2.45) is 0 Å². The maximum atomic E-state index is 13.7. The fourth-order valence-corrected chi connectivity index (χ4v) is 3.14. The summed E-state index contributed by atoms with van der Waals surface area (Å²) in [6.07, 6.45) is -0.732. The fourth-order valence-electron chi connectivity index (χ4n) is 2.41. The third kappa shape index (κ3) is 4.92. The third-order valence-electron chi connectivity index (χ3n) is 3.81. The second-order valence-electron chi connectivity index (χ2n) is 6.27. The first-order valence-electron chi connectivity index (χ1n) is 8.56. The predicted octanol–water partition coefficient (Wildman–Crippen LogP) is 3.99. The van der Waals surface area contributed by atoms with Crippen LogP contribution in [0.2, 0.25) is 0 Å². The van der Waals surface area contributed by atoms with E-state index in [1.807, 2.05) is 19.9 Å². The Morgan fingerprint density at radius 3 is 2.57 bits per heavy atom. The molecule has 146 valence electrons. The van der Waals surface area contributed by atoms with E-state index in [4.69, 9.17) is 9.26 Å². The molecule has 0 saturated heterocycles. The van der Waals surface area contributed by atoms with E-state index in [0.29, 0.717) is 16.3 Å². The lowest BCUT2D eigenvalue weighted by Crippen LogP contribution is -2.11. The highest BCUT2D eigenvalue weighted by Gasteiger charge is 2.20. The van der Waals surface area contributed by atoms with E-state index in [0.717, 1.165) is 11.4 Å². The van der Waals surface area contributed by atoms with Crippen LogP contribution < -0.4 is 0 Å². The number of nitrogens with zero attached hydrogens (tertiary/aromatic N) is 4. The lowest BCUT2D eigenvalue weighted by Gasteiger charge is -2.08. The van der Waals surface area contributed by atoms with Gasteiger partial charge in [-0.15, -0.1) is 0 Å². The molecule has 0 fully saturated rings. The molecule has 1 atom stereocenters. The van der Waals surface area contributed by atoms with Gasteiger partial charge < -0.3 is 9.26 Å². The molecule has 7 nitrogen and oxygen atoms in total. The number of carbonyl (C=O) groups excluding carboxylic acids is 1. The molecule has 0 aliphatic carbocycles. The van der Waals surface area contributed by atoms with Crippen LogP contribution in [-0.2, 0) is 9.53 Å². The fraction of sp³-hybridized carbons (Fsp3) is 0.316. The van der Waals surface area contributed by atoms with E-state index in [2.05, 4.69) is 20.1 Å². The van der Waals surface area contributed by atoms with E-state index < -0.39 is 12.1 Å². The maximum Gasteiger partial charge on any atom is 0.317 e. The Morgan fingerprint density at radius 1 is 1.18 bits per heavy atom. The first kappa shape index (κ1) is 19.9. The first-order valence-corrected chi connectivity index (χ1v) is 9.55. The molecule has 2 aromatic heterocycles. The van der Waals surface area contributed by atoms with Crippen molar-refractivity contribution in [3.8, 4) is 11.4 Å². The molecule has 0 saturated carbocycles. The van der Waals surface area contributed by atoms with Crippen molar-refractivity contribution in [3.05, 3.63) is 52.9 Å². The van der Waals surface area contributed by atoms with E-state index >= 15 is 0 Å². The van der Waals surface area contributed by atoms with Crippen molar-refractivity contribution in [3.63, 3.8) is 0 Å². The first-order chi connectivity index (χ1) is 13.3. The Bertz CT molecular complexity index is 988. The Balaban J connectivity index is 1.59. The molecular formula is C19H19FN4O3S. The lowest BCUT2D eigenvalue weighted by atomic mass is 10.1. The molecule has 0 aliphatic rings. The molecule has 28 heavy (non-hydrogen) atoms. The number of rotatable bonds is 6. The van der Waals surface area contributed by atoms with Crippen LogP contribution in [0.3, 0.4) is 0 Å². The second kappa shape index (κ2) is 8.47. The van der Waals surface area contributed by atoms with Gasteiger partial charge in [-0.05, 0) is 45.4 Å². The van der Waals surface area contributed by atoms with E-state index in [-0.39, 0.29) is 23.3 Å². The van der Waals surface area contributed by atoms with Crippen LogP contribution in [0.4, 0.5) is 4.39 Å². The number of ether oxygens (including phenoxy) is 1. The van der Waals surface area contributed by atoms with Crippen LogP contribution in [0.5, 0.6) is 0 Å². The average molecular weight is 402 g/mol. The van der Waals surface area contributed by atoms with Gasteiger partial charge in [-0.25, -0.2) is 14.4 Å². The molecule has 0 aliphatic heterocycles. The van der Waals surface area contributed by atoms with Gasteiger partial charge in [0.2, 0.25) is 5.82 Å². The summed E-state index contributed by atoms with van der Waals surface area (Å²) >= 11 is 1.19. The minimum Gasteiger partial charge on any atom is -0.452 e. The van der Waals surface area contributed by atoms with Crippen molar-refractivity contribution in [2.75, 3.05) is 5.75 Å². The van der Waals surface area contributed by atoms with Gasteiger partial charge >= 0.3 is 5.97 Å². The van der Waals surface area contributed by atoms with Gasteiger partial charge in [0.25, 0.3) is 5.89 Å². The Hall–Kier alpha value is -2.81. The van der Waals surface area contributed by atoms with Gasteiger partial charge in [0.1, 0.15) is 5.82 Å². The molecule has 0 N–H and O–H groups in total. The lowest BCUT2D eigenvalue weighted by molar-refractivity contribution is -0.146. The number of benzene rings is 1. The summed E-state index contributed by atoms with van der Waals surface area (Å²) in [5.74, 6) is -0.389. The molecule has 0 radical (unpaired) electrons. The summed E-state index contributed by atoms with van der Waals surface area (Å²) in [6, 6.07) is 6.53. The summed E-state index contributed by atoms with van der Waals surface area (Å²) in [6.45, 7) is 7.03. The summed E-state index contributed by atoms with van der Waals surface area (Å²) < 4.78 is 24.2. The van der Waals surface area contributed by atoms with E-state index in [1.165, 1.54) is 17.8 Å². The number of thioether (sulfide) groups is 1. The minimum atomic E-state index is -0.732. The maximum absolute atomic E-state index is 13.7. The third-order valence-corrected chi connectivity index (χ3v) is 4.63. The Morgan fingerprint density at radius 2 is 1.89 bits per heavy atom. The monoisotopic (exact) mass is 402 g/mol. The molecule has 0 spiro atoms. The highest BCUT2D eigenvalue weighted by molar-refractivity contribution is 7.99. The summed E-state index contributed by atoms with van der Waals surface area (Å²) in [4.78, 5) is 24.8. The van der Waals surface area contributed by atoms with Crippen molar-refractivity contribution < 1.29 is 18.4 Å². The van der Waals surface area contributed by atoms with Crippen LogP contribution >= 0.6 is 11.8 Å². The van der Waals surface area contributed by atoms with Crippen LogP contribution in [-0.4, -0.2) is 31.8 Å². The molecule has 3 rings (SSSR count). The van der Waals surface area contributed by atoms with Gasteiger partial charge in [0.05, 0.1) is 5.75 Å². The molecule has 1 aromatic carbocycles. The van der Waals surface area contributed by atoms with Gasteiger partial charge in [-0.3, -0.25) is 4.79 Å². The van der Waals surface area contributed by atoms with Crippen molar-refractivity contribution in [2.45, 2.75) is 39.0 Å². The van der Waals surface area contributed by atoms with Gasteiger partial charge in [-0.1, -0.05) is 29.1 Å². The molecular weight excluding hydrogens is 383 g/mol. The van der Waals surface area contributed by atoms with Gasteiger partial charge in [0, 0.05) is 17.0 Å². The SMILES string of the molecule is Cc1cc(C)nc(SCC(=O)OC(C)c2nc(-c3ccc(C)c(F)c3)no2)n1. The number of hydrogen-bond acceptors (Lipinski definition) is 8. The highest BCUT2D eigenvalue weighted by Crippen LogP contribution is 2.23. The number of aryl methyl sites for hydroxylation is 3. The minimum absolute atomic E-state index is 0.0530. The summed E-state index contributed by atoms with van der Waals surface area (Å²) in [5, 5.41) is 4.35. The summed E-state index contributed by atoms with van der Waals surface area (Å²) in [7, 11) is 0. The quantitative estimate of drug-likeness (QED) is 0.347. The largest absolute Gasteiger partial charge is 0.452 e. The topological polar surface area (TPSA) is 91.0 Å². The standard InChI is InChI=1S/C19H19FN4O3S/c1-10-5-6-14(8-15(10)20)17-23-18(27-24-17)13(4)26-16(25)9-28-19-21-11(2)7-12(3)22-19/h5-8,13H,9H2,1-4H3. The number of hydrogen-bond donors (Lipinski definition) is 0. The second-order valence-corrected chi connectivity index (χ2v) is 7.22. The van der Waals surface area contributed by atoms with E-state index in [1.54, 1.807) is 26.0 Å². The zero-order valence-electron chi connectivity index (χ0n) is 15.9. The molecule has 3 aromatic rings. The predicted molar refractivity (Wildman–Crippen MR) is 101 cm³/mol. The van der Waals surface area contributed by atoms with Gasteiger partial charge in [-0.2, -0.15) is 4.98 Å². The Kier molecular flexibility index (Phi) is 6.03. The van der Waals surface area contributed by atoms with E-state index in [9.17, 15) is 9.18 Å². The Labute approximate surface area is 165 Å². The molecule has 1 unspecified atom stereocenters. The van der Waals surface area contributed by atoms with Crippen molar-refractivity contribution in [1.29, 1.82) is 0 Å². The molecule has 0 bridgehead atoms. The van der Waals surface area contributed by atoms with Crippen molar-refractivity contribution in [1.82, 2.24) is 20.1 Å². The molecule has 2 heterocycles. The van der Waals surface area contributed by atoms with Crippen LogP contribution in [0.15, 0.2) is 33.9 Å². The zero-order valence-corrected chi connectivity index (χ0v) is 16.7. The van der Waals surface area contributed by atoms with Crippen LogP contribution in [0, 0.1) is 26.6 Å². The smallest absolute Gasteiger partial charge is 0.317 e. The zero-order chi connectivity index (χ0) is 20.3. The van der Waals surface area contributed by atoms with Crippen molar-refractivity contribution >= 4 is 17.7 Å². The number of carbonyl (C=O) groups is 1. The van der Waals surface area contributed by atoms with Crippen LogP contribution in [0.25, 0.3) is 11.4 Å². The number of esters is 1. The highest BCUT2D eigenvalue weighted by atomic mass is 32.2. The average Bonchev–Trinajstić information content (AvgIpc) is 3.12. The number of halogens is 1. The van der Waals surface area contributed by atoms with Gasteiger partial charge in [0.15, 0.2) is 11.3 Å².